The molecular weight excluding hydrogens is 358 g/mol. The van der Waals surface area contributed by atoms with Crippen molar-refractivity contribution in [1.82, 2.24) is 14.7 Å². The smallest absolute Gasteiger partial charge is 0.272 e. The molecule has 7 heteroatoms. The van der Waals surface area contributed by atoms with Crippen LogP contribution in [0.1, 0.15) is 54.2 Å². The summed E-state index contributed by atoms with van der Waals surface area (Å²) in [6, 6.07) is 5.65. The van der Waals surface area contributed by atoms with Gasteiger partial charge in [0, 0.05) is 43.8 Å². The summed E-state index contributed by atoms with van der Waals surface area (Å²) in [5.74, 6) is 1.39. The minimum absolute atomic E-state index is 0.0297. The number of methoxy groups -OCH3 is 2. The summed E-state index contributed by atoms with van der Waals surface area (Å²) in [7, 11) is 5.06. The summed E-state index contributed by atoms with van der Waals surface area (Å²) >= 11 is 0. The van der Waals surface area contributed by atoms with E-state index in [0.29, 0.717) is 31.0 Å². The maximum atomic E-state index is 13.4. The van der Waals surface area contributed by atoms with Crippen molar-refractivity contribution in [1.29, 1.82) is 0 Å². The highest BCUT2D eigenvalue weighted by atomic mass is 16.5. The largest absolute Gasteiger partial charge is 0.497 e. The molecule has 1 aromatic carbocycles. The molecular formula is C21H29N3O4. The van der Waals surface area contributed by atoms with Gasteiger partial charge in [0.25, 0.3) is 5.91 Å². The van der Waals surface area contributed by atoms with Crippen molar-refractivity contribution < 1.29 is 19.0 Å². The molecule has 0 N–H and O–H groups in total. The Morgan fingerprint density at radius 3 is 2.71 bits per heavy atom. The van der Waals surface area contributed by atoms with Gasteiger partial charge < -0.3 is 19.1 Å². The summed E-state index contributed by atoms with van der Waals surface area (Å²) in [4.78, 5) is 15.2. The zero-order valence-corrected chi connectivity index (χ0v) is 17.5. The number of carbonyl (C=O) groups excluding carboxylic acids is 1. The standard InChI is InChI=1S/C21H29N3O4/c1-7-24(12-15-8-9-16(26-5)11-18(15)27-6)21(25)20-17-10-13(2)28-14(3)19(17)22-23(20)4/h8-9,11,13-14H,7,10,12H2,1-6H3/t13-,14+/m1/s1. The van der Waals surface area contributed by atoms with Gasteiger partial charge in [-0.15, -0.1) is 0 Å². The Morgan fingerprint density at radius 1 is 1.32 bits per heavy atom. The fraction of sp³-hybridized carbons (Fsp3) is 0.524. The van der Waals surface area contributed by atoms with E-state index in [1.54, 1.807) is 18.9 Å². The molecule has 0 saturated heterocycles. The number of aryl methyl sites for hydroxylation is 1. The van der Waals surface area contributed by atoms with Gasteiger partial charge in [-0.25, -0.2) is 0 Å². The van der Waals surface area contributed by atoms with E-state index in [1.807, 2.05) is 50.9 Å². The monoisotopic (exact) mass is 387 g/mol. The summed E-state index contributed by atoms with van der Waals surface area (Å²) < 4.78 is 18.3. The molecule has 0 radical (unpaired) electrons. The van der Waals surface area contributed by atoms with E-state index in [4.69, 9.17) is 14.2 Å². The van der Waals surface area contributed by atoms with Gasteiger partial charge in [-0.1, -0.05) is 0 Å². The molecule has 0 unspecified atom stereocenters. The van der Waals surface area contributed by atoms with Crippen molar-refractivity contribution >= 4 is 5.91 Å². The number of benzene rings is 1. The first-order valence-electron chi connectivity index (χ1n) is 9.60. The molecule has 2 atom stereocenters. The number of rotatable bonds is 6. The van der Waals surface area contributed by atoms with E-state index in [2.05, 4.69) is 5.10 Å². The zero-order chi connectivity index (χ0) is 20.4. The number of fused-ring (bicyclic) bond motifs is 1. The van der Waals surface area contributed by atoms with Crippen molar-refractivity contribution in [3.8, 4) is 11.5 Å². The molecule has 0 aliphatic carbocycles. The Labute approximate surface area is 166 Å². The quantitative estimate of drug-likeness (QED) is 0.762. The molecule has 0 bridgehead atoms. The van der Waals surface area contributed by atoms with Gasteiger partial charge in [-0.2, -0.15) is 5.10 Å². The molecule has 152 valence electrons. The first kappa shape index (κ1) is 20.2. The molecule has 3 rings (SSSR count). The van der Waals surface area contributed by atoms with Crippen LogP contribution in [-0.2, 0) is 24.8 Å². The predicted octanol–water partition coefficient (Wildman–Crippen LogP) is 3.12. The maximum Gasteiger partial charge on any atom is 0.272 e. The van der Waals surface area contributed by atoms with E-state index in [9.17, 15) is 4.79 Å². The Hall–Kier alpha value is -2.54. The van der Waals surface area contributed by atoms with Crippen LogP contribution in [0.15, 0.2) is 18.2 Å². The van der Waals surface area contributed by atoms with Crippen molar-refractivity contribution in [3.05, 3.63) is 40.7 Å². The predicted molar refractivity (Wildman–Crippen MR) is 106 cm³/mol. The van der Waals surface area contributed by atoms with Gasteiger partial charge in [0.1, 0.15) is 17.2 Å². The molecule has 1 aromatic heterocycles. The van der Waals surface area contributed by atoms with Gasteiger partial charge in [0.2, 0.25) is 0 Å². The molecule has 1 aliphatic rings. The molecule has 28 heavy (non-hydrogen) atoms. The highest BCUT2D eigenvalue weighted by Crippen LogP contribution is 2.32. The van der Waals surface area contributed by atoms with Crippen LogP contribution < -0.4 is 9.47 Å². The van der Waals surface area contributed by atoms with Gasteiger partial charge in [-0.05, 0) is 32.9 Å². The Balaban J connectivity index is 1.92. The second-order valence-electron chi connectivity index (χ2n) is 7.13. The van der Waals surface area contributed by atoms with E-state index in [-0.39, 0.29) is 18.1 Å². The van der Waals surface area contributed by atoms with Crippen LogP contribution in [0.2, 0.25) is 0 Å². The van der Waals surface area contributed by atoms with Crippen molar-refractivity contribution in [2.24, 2.45) is 7.05 Å². The first-order chi connectivity index (χ1) is 13.4. The van der Waals surface area contributed by atoms with Crippen LogP contribution in [0.5, 0.6) is 11.5 Å². The molecule has 7 nitrogen and oxygen atoms in total. The maximum absolute atomic E-state index is 13.4. The lowest BCUT2D eigenvalue weighted by Gasteiger charge is -2.26. The van der Waals surface area contributed by atoms with Crippen molar-refractivity contribution in [3.63, 3.8) is 0 Å². The van der Waals surface area contributed by atoms with Crippen LogP contribution in [-0.4, -0.2) is 47.5 Å². The summed E-state index contributed by atoms with van der Waals surface area (Å²) in [5.41, 5.74) is 3.44. The molecule has 0 spiro atoms. The normalized spacial score (nSPS) is 18.5. The van der Waals surface area contributed by atoms with Gasteiger partial charge >= 0.3 is 0 Å². The van der Waals surface area contributed by atoms with Crippen molar-refractivity contribution in [2.75, 3.05) is 20.8 Å². The molecule has 0 fully saturated rings. The third-order valence-electron chi connectivity index (χ3n) is 5.22. The van der Waals surface area contributed by atoms with Crippen LogP contribution in [0.25, 0.3) is 0 Å². The van der Waals surface area contributed by atoms with Crippen molar-refractivity contribution in [2.45, 2.75) is 45.9 Å². The third-order valence-corrected chi connectivity index (χ3v) is 5.22. The minimum Gasteiger partial charge on any atom is -0.497 e. The number of hydrogen-bond donors (Lipinski definition) is 0. The third kappa shape index (κ3) is 3.71. The average molecular weight is 387 g/mol. The number of hydrogen-bond acceptors (Lipinski definition) is 5. The van der Waals surface area contributed by atoms with E-state index < -0.39 is 0 Å². The van der Waals surface area contributed by atoms with Gasteiger partial charge in [-0.3, -0.25) is 9.48 Å². The molecule has 2 heterocycles. The minimum atomic E-state index is -0.108. The highest BCUT2D eigenvalue weighted by molar-refractivity contribution is 5.94. The second kappa shape index (κ2) is 8.22. The second-order valence-corrected chi connectivity index (χ2v) is 7.13. The fourth-order valence-corrected chi connectivity index (χ4v) is 3.80. The summed E-state index contributed by atoms with van der Waals surface area (Å²) in [5, 5.41) is 4.57. The Bertz CT molecular complexity index is 862. The van der Waals surface area contributed by atoms with E-state index >= 15 is 0 Å². The fourth-order valence-electron chi connectivity index (χ4n) is 3.80. The number of aromatic nitrogens is 2. The number of ether oxygens (including phenoxy) is 3. The SMILES string of the molecule is CCN(Cc1ccc(OC)cc1OC)C(=O)c1c2c(nn1C)[C@H](C)O[C@H](C)C2. The lowest BCUT2D eigenvalue weighted by molar-refractivity contribution is -0.00714. The number of nitrogens with zero attached hydrogens (tertiary/aromatic N) is 3. The summed E-state index contributed by atoms with van der Waals surface area (Å²) in [6.45, 7) is 7.01. The Morgan fingerprint density at radius 2 is 2.07 bits per heavy atom. The lowest BCUT2D eigenvalue weighted by Crippen LogP contribution is -2.33. The van der Waals surface area contributed by atoms with Crippen LogP contribution in [0.4, 0.5) is 0 Å². The Kier molecular flexibility index (Phi) is 5.93. The van der Waals surface area contributed by atoms with Gasteiger partial charge in [0.05, 0.1) is 32.1 Å². The van der Waals surface area contributed by atoms with Crippen LogP contribution in [0.3, 0.4) is 0 Å². The number of amides is 1. The van der Waals surface area contributed by atoms with Crippen LogP contribution in [0, 0.1) is 0 Å². The lowest BCUT2D eigenvalue weighted by atomic mass is 9.99. The highest BCUT2D eigenvalue weighted by Gasteiger charge is 2.32. The molecule has 1 aliphatic heterocycles. The number of carbonyl (C=O) groups is 1. The zero-order valence-electron chi connectivity index (χ0n) is 17.5. The van der Waals surface area contributed by atoms with E-state index in [1.165, 1.54) is 0 Å². The molecule has 0 saturated carbocycles. The van der Waals surface area contributed by atoms with Crippen LogP contribution >= 0.6 is 0 Å². The molecule has 2 aromatic rings. The topological polar surface area (TPSA) is 65.8 Å². The average Bonchev–Trinajstić information content (AvgIpc) is 3.01. The van der Waals surface area contributed by atoms with Gasteiger partial charge in [0.15, 0.2) is 0 Å². The first-order valence-corrected chi connectivity index (χ1v) is 9.60. The van der Waals surface area contributed by atoms with E-state index in [0.717, 1.165) is 22.6 Å². The summed E-state index contributed by atoms with van der Waals surface area (Å²) in [6.07, 6.45) is 0.649. The molecule has 1 amide bonds.